The molecule has 3 N–H and O–H groups in total. The van der Waals surface area contributed by atoms with Crippen molar-refractivity contribution in [3.05, 3.63) is 53.2 Å². The van der Waals surface area contributed by atoms with Gasteiger partial charge in [0.1, 0.15) is 11.5 Å². The molecule has 0 bridgehead atoms. The molecule has 4 heterocycles. The molecule has 2 atom stereocenters. The molecule has 9 nitrogen and oxygen atoms in total. The van der Waals surface area contributed by atoms with Gasteiger partial charge in [-0.1, -0.05) is 6.07 Å². The Bertz CT molecular complexity index is 1330. The first-order valence-corrected chi connectivity index (χ1v) is 12.8. The van der Waals surface area contributed by atoms with E-state index >= 15 is 0 Å². The van der Waals surface area contributed by atoms with Gasteiger partial charge in [0, 0.05) is 42.2 Å². The summed E-state index contributed by atoms with van der Waals surface area (Å²) >= 11 is 3.62. The van der Waals surface area contributed by atoms with Crippen molar-refractivity contribution in [3.8, 4) is 22.6 Å². The monoisotopic (exact) mass is 555 g/mol. The molecule has 1 fully saturated rings. The fraction of sp³-hybridized carbons (Fsp3) is 0.400. The summed E-state index contributed by atoms with van der Waals surface area (Å²) in [5.41, 5.74) is 10.2. The molecule has 0 spiro atoms. The Morgan fingerprint density at radius 2 is 1.92 bits per heavy atom. The Labute approximate surface area is 216 Å². The van der Waals surface area contributed by atoms with Gasteiger partial charge in [-0.05, 0) is 66.6 Å². The highest BCUT2D eigenvalue weighted by molar-refractivity contribution is 9.10. The van der Waals surface area contributed by atoms with E-state index in [1.54, 1.807) is 42.3 Å². The minimum atomic E-state index is -1.40. The highest BCUT2D eigenvalue weighted by atomic mass is 79.9. The first-order valence-electron chi connectivity index (χ1n) is 12.0. The number of halogens is 2. The zero-order valence-corrected chi connectivity index (χ0v) is 21.3. The van der Waals surface area contributed by atoms with Crippen molar-refractivity contribution in [3.63, 3.8) is 0 Å². The number of alkyl halides is 1. The first-order chi connectivity index (χ1) is 17.5. The van der Waals surface area contributed by atoms with Crippen molar-refractivity contribution in [1.82, 2.24) is 29.5 Å². The van der Waals surface area contributed by atoms with Crippen LogP contribution < -0.4 is 5.73 Å². The lowest BCUT2D eigenvalue weighted by atomic mass is 9.78. The summed E-state index contributed by atoms with van der Waals surface area (Å²) in [4.78, 5) is 18.0. The fourth-order valence-electron chi connectivity index (χ4n) is 4.81. The molecular weight excluding hydrogens is 529 g/mol. The van der Waals surface area contributed by atoms with Crippen molar-refractivity contribution < 1.29 is 14.2 Å². The largest absolute Gasteiger partial charge is 0.383 e. The van der Waals surface area contributed by atoms with Crippen molar-refractivity contribution in [2.45, 2.75) is 51.0 Å². The molecule has 1 aliphatic rings. The van der Waals surface area contributed by atoms with Gasteiger partial charge in [-0.25, -0.2) is 19.3 Å². The predicted molar refractivity (Wildman–Crippen MR) is 137 cm³/mol. The highest BCUT2D eigenvalue weighted by Gasteiger charge is 2.34. The van der Waals surface area contributed by atoms with E-state index in [4.69, 9.17) is 15.5 Å². The number of rotatable bonds is 7. The van der Waals surface area contributed by atoms with Crippen molar-refractivity contribution in [2.24, 2.45) is 5.92 Å². The fourth-order valence-corrected chi connectivity index (χ4v) is 5.39. The number of nitrogens with two attached hydrogens (primary N) is 1. The molecule has 0 amide bonds. The van der Waals surface area contributed by atoms with Crippen LogP contribution in [0.15, 0.2) is 47.5 Å². The average molecular weight is 556 g/mol. The topological polar surface area (TPSA) is 124 Å². The van der Waals surface area contributed by atoms with Crippen LogP contribution in [0.4, 0.5) is 10.2 Å². The molecule has 4 aromatic rings. The molecule has 11 heteroatoms. The molecule has 1 aliphatic carbocycles. The van der Waals surface area contributed by atoms with Crippen LogP contribution in [-0.2, 0) is 4.74 Å². The van der Waals surface area contributed by atoms with E-state index in [-0.39, 0.29) is 18.4 Å². The molecule has 2 unspecified atom stereocenters. The van der Waals surface area contributed by atoms with Gasteiger partial charge in [-0.2, -0.15) is 9.61 Å². The van der Waals surface area contributed by atoms with E-state index in [1.807, 2.05) is 12.1 Å². The van der Waals surface area contributed by atoms with Crippen molar-refractivity contribution in [1.29, 1.82) is 0 Å². The quantitative estimate of drug-likeness (QED) is 0.318. The number of pyridine rings is 1. The van der Waals surface area contributed by atoms with Crippen LogP contribution in [0.3, 0.4) is 0 Å². The van der Waals surface area contributed by atoms with Gasteiger partial charge in [0.05, 0.1) is 16.4 Å². The van der Waals surface area contributed by atoms with E-state index in [0.29, 0.717) is 40.3 Å². The van der Waals surface area contributed by atoms with Gasteiger partial charge in [-0.15, -0.1) is 0 Å². The number of anilines is 1. The smallest absolute Gasteiger partial charge is 0.186 e. The summed E-state index contributed by atoms with van der Waals surface area (Å²) in [6.07, 6.45) is 6.80. The Balaban J connectivity index is 1.41. The van der Waals surface area contributed by atoms with Crippen molar-refractivity contribution >= 4 is 27.4 Å². The lowest BCUT2D eigenvalue weighted by Crippen LogP contribution is -2.34. The number of aliphatic hydroxyl groups is 1. The third-order valence-electron chi connectivity index (χ3n) is 6.74. The maximum atomic E-state index is 14.6. The summed E-state index contributed by atoms with van der Waals surface area (Å²) in [5, 5.41) is 14.3. The minimum absolute atomic E-state index is 0.109. The van der Waals surface area contributed by atoms with E-state index in [1.165, 1.54) is 0 Å². The summed E-state index contributed by atoms with van der Waals surface area (Å²) < 4.78 is 22.0. The summed E-state index contributed by atoms with van der Waals surface area (Å²) in [7, 11) is 0. The SMILES string of the molecule is CCOC(O)C(F)C1CCC(c2nc3c(-c4ccc(-c5ncccn5)nc4)cnn3c(N)c2Br)CC1. The van der Waals surface area contributed by atoms with Gasteiger partial charge in [0.2, 0.25) is 0 Å². The predicted octanol–water partition coefficient (Wildman–Crippen LogP) is 4.56. The standard InChI is InChI=1S/C25H27BrFN7O2/c1-2-36-25(35)20(27)14-4-6-15(7-5-14)21-19(26)22(28)34-24(33-21)17(13-32-34)16-8-9-18(31-12-16)23-29-10-3-11-30-23/h3,8-15,20,25,35H,2,4-7,28H2,1H3. The summed E-state index contributed by atoms with van der Waals surface area (Å²) in [6.45, 7) is 2.02. The maximum Gasteiger partial charge on any atom is 0.186 e. The lowest BCUT2D eigenvalue weighted by Gasteiger charge is -2.32. The molecule has 5 rings (SSSR count). The van der Waals surface area contributed by atoms with E-state index in [9.17, 15) is 9.50 Å². The molecular formula is C25H27BrFN7O2. The van der Waals surface area contributed by atoms with E-state index in [0.717, 1.165) is 29.7 Å². The number of aromatic nitrogens is 6. The first kappa shape index (κ1) is 24.7. The van der Waals surface area contributed by atoms with Crippen LogP contribution in [0.5, 0.6) is 0 Å². The van der Waals surface area contributed by atoms with Crippen LogP contribution >= 0.6 is 15.9 Å². The van der Waals surface area contributed by atoms with Crippen molar-refractivity contribution in [2.75, 3.05) is 12.3 Å². The van der Waals surface area contributed by atoms with Crippen LogP contribution in [-0.4, -0.2) is 53.7 Å². The van der Waals surface area contributed by atoms with Gasteiger partial charge in [-0.3, -0.25) is 4.98 Å². The van der Waals surface area contributed by atoms with Gasteiger partial charge in [0.25, 0.3) is 0 Å². The average Bonchev–Trinajstić information content (AvgIpc) is 3.35. The second kappa shape index (κ2) is 10.5. The summed E-state index contributed by atoms with van der Waals surface area (Å²) in [6, 6.07) is 5.56. The number of nitrogens with zero attached hydrogens (tertiary/aromatic N) is 6. The zero-order chi connectivity index (χ0) is 25.2. The molecule has 0 aliphatic heterocycles. The van der Waals surface area contributed by atoms with E-state index < -0.39 is 12.5 Å². The molecule has 4 aromatic heterocycles. The Kier molecular flexibility index (Phi) is 7.22. The summed E-state index contributed by atoms with van der Waals surface area (Å²) in [5.74, 6) is 0.877. The zero-order valence-electron chi connectivity index (χ0n) is 19.8. The van der Waals surface area contributed by atoms with Gasteiger partial charge in [0.15, 0.2) is 23.9 Å². The second-order valence-electron chi connectivity index (χ2n) is 8.90. The highest BCUT2D eigenvalue weighted by Crippen LogP contribution is 2.42. The Morgan fingerprint density at radius 1 is 1.17 bits per heavy atom. The minimum Gasteiger partial charge on any atom is -0.383 e. The van der Waals surface area contributed by atoms with Crippen LogP contribution in [0.25, 0.3) is 28.3 Å². The molecule has 0 radical (unpaired) electrons. The van der Waals surface area contributed by atoms with Gasteiger partial charge >= 0.3 is 0 Å². The lowest BCUT2D eigenvalue weighted by molar-refractivity contribution is -0.152. The van der Waals surface area contributed by atoms with Crippen LogP contribution in [0, 0.1) is 5.92 Å². The molecule has 188 valence electrons. The molecule has 36 heavy (non-hydrogen) atoms. The maximum absolute atomic E-state index is 14.6. The van der Waals surface area contributed by atoms with E-state index in [2.05, 4.69) is 36.0 Å². The normalized spacial score (nSPS) is 19.9. The molecule has 0 aromatic carbocycles. The number of nitrogen functional groups attached to an aromatic ring is 1. The molecule has 1 saturated carbocycles. The van der Waals surface area contributed by atoms with Gasteiger partial charge < -0.3 is 15.6 Å². The number of hydrogen-bond acceptors (Lipinski definition) is 8. The second-order valence-corrected chi connectivity index (χ2v) is 9.69. The third kappa shape index (κ3) is 4.70. The number of hydrogen-bond donors (Lipinski definition) is 2. The number of aliphatic hydroxyl groups excluding tert-OH is 1. The third-order valence-corrected chi connectivity index (χ3v) is 7.55. The van der Waals surface area contributed by atoms with Crippen LogP contribution in [0.1, 0.15) is 44.2 Å². The number of ether oxygens (including phenoxy) is 1. The Hall–Kier alpha value is -3.02. The Morgan fingerprint density at radius 3 is 2.58 bits per heavy atom. The van der Waals surface area contributed by atoms with Crippen LogP contribution in [0.2, 0.25) is 0 Å². The molecule has 0 saturated heterocycles. The number of fused-ring (bicyclic) bond motifs is 1.